The van der Waals surface area contributed by atoms with Gasteiger partial charge in [-0.3, -0.25) is 0 Å². The molecule has 0 saturated carbocycles. The van der Waals surface area contributed by atoms with Gasteiger partial charge < -0.3 is 30.0 Å². The molecule has 1 saturated heterocycles. The summed E-state index contributed by atoms with van der Waals surface area (Å²) in [6, 6.07) is 0.914. The minimum absolute atomic E-state index is 0.0794. The highest BCUT2D eigenvalue weighted by atomic mass is 19.1. The molecule has 1 aromatic carbocycles. The number of ether oxygens (including phenoxy) is 4. The van der Waals surface area contributed by atoms with E-state index in [0.29, 0.717) is 19.2 Å². The standard InChI is InChI=1S/C17H20F2N4O4/c1-24-13-3-14(25-2)16(19)10(15(13)18)6-27-9-4-21-17(22-5-9)23-12-8-26-7-11(12)20/h3-5,11-12H,6-8,20H2,1-2H3,(H,21,22,23)/t11-,12+/m0/s1. The van der Waals surface area contributed by atoms with Gasteiger partial charge in [-0.25, -0.2) is 18.7 Å². The van der Waals surface area contributed by atoms with Crippen LogP contribution in [0.5, 0.6) is 17.2 Å². The van der Waals surface area contributed by atoms with Crippen LogP contribution in [0, 0.1) is 11.6 Å². The van der Waals surface area contributed by atoms with E-state index < -0.39 is 11.6 Å². The third-order valence-corrected chi connectivity index (χ3v) is 4.11. The van der Waals surface area contributed by atoms with E-state index in [9.17, 15) is 8.78 Å². The zero-order valence-corrected chi connectivity index (χ0v) is 14.9. The van der Waals surface area contributed by atoms with Crippen molar-refractivity contribution in [3.05, 3.63) is 35.7 Å². The van der Waals surface area contributed by atoms with Crippen LogP contribution >= 0.6 is 0 Å². The first-order chi connectivity index (χ1) is 13.0. The summed E-state index contributed by atoms with van der Waals surface area (Å²) in [4.78, 5) is 8.21. The van der Waals surface area contributed by atoms with Crippen molar-refractivity contribution in [2.75, 3.05) is 32.8 Å². The average Bonchev–Trinajstić information content (AvgIpc) is 3.08. The smallest absolute Gasteiger partial charge is 0.223 e. The SMILES string of the molecule is COc1cc(OC)c(F)c(COc2cnc(N[C@@H]3COC[C@@H]3N)nc2)c1F. The molecule has 0 unspecified atom stereocenters. The quantitative estimate of drug-likeness (QED) is 0.743. The zero-order valence-electron chi connectivity index (χ0n) is 14.9. The summed E-state index contributed by atoms with van der Waals surface area (Å²) in [7, 11) is 2.56. The molecule has 27 heavy (non-hydrogen) atoms. The maximum atomic E-state index is 14.3. The van der Waals surface area contributed by atoms with Crippen LogP contribution in [0.15, 0.2) is 18.5 Å². The van der Waals surface area contributed by atoms with Gasteiger partial charge in [0.05, 0.1) is 57.5 Å². The van der Waals surface area contributed by atoms with Crippen LogP contribution in [0.3, 0.4) is 0 Å². The lowest BCUT2D eigenvalue weighted by atomic mass is 10.1. The van der Waals surface area contributed by atoms with Gasteiger partial charge in [-0.1, -0.05) is 0 Å². The van der Waals surface area contributed by atoms with Crippen LogP contribution < -0.4 is 25.3 Å². The predicted molar refractivity (Wildman–Crippen MR) is 92.0 cm³/mol. The number of nitrogens with one attached hydrogen (secondary N) is 1. The molecule has 1 aliphatic rings. The van der Waals surface area contributed by atoms with Crippen molar-refractivity contribution < 1.29 is 27.7 Å². The molecule has 3 N–H and O–H groups in total. The summed E-state index contributed by atoms with van der Waals surface area (Å²) in [6.45, 7) is 0.557. The summed E-state index contributed by atoms with van der Waals surface area (Å²) >= 11 is 0. The Morgan fingerprint density at radius 1 is 1.15 bits per heavy atom. The number of rotatable bonds is 7. The molecule has 0 aliphatic carbocycles. The first-order valence-electron chi connectivity index (χ1n) is 8.17. The fraction of sp³-hybridized carbons (Fsp3) is 0.412. The van der Waals surface area contributed by atoms with Crippen molar-refractivity contribution in [3.63, 3.8) is 0 Å². The van der Waals surface area contributed by atoms with E-state index in [1.165, 1.54) is 26.6 Å². The van der Waals surface area contributed by atoms with E-state index in [1.807, 2.05) is 0 Å². The summed E-state index contributed by atoms with van der Waals surface area (Å²) < 4.78 is 49.1. The summed E-state index contributed by atoms with van der Waals surface area (Å²) in [5.74, 6) is -1.40. The Morgan fingerprint density at radius 2 is 1.78 bits per heavy atom. The Labute approximate surface area is 154 Å². The van der Waals surface area contributed by atoms with Gasteiger partial charge >= 0.3 is 0 Å². The highest BCUT2D eigenvalue weighted by Crippen LogP contribution is 2.31. The van der Waals surface area contributed by atoms with Gasteiger partial charge in [-0.2, -0.15) is 0 Å². The third-order valence-electron chi connectivity index (χ3n) is 4.11. The summed E-state index contributed by atoms with van der Waals surface area (Å²) in [6.07, 6.45) is 2.79. The Kier molecular flexibility index (Phi) is 5.87. The van der Waals surface area contributed by atoms with E-state index in [0.717, 1.165) is 6.07 Å². The molecule has 1 fully saturated rings. The number of benzene rings is 1. The second-order valence-electron chi connectivity index (χ2n) is 5.87. The topological polar surface area (TPSA) is 101 Å². The average molecular weight is 382 g/mol. The fourth-order valence-corrected chi connectivity index (χ4v) is 2.57. The molecule has 3 rings (SSSR count). The van der Waals surface area contributed by atoms with Crippen molar-refractivity contribution in [3.8, 4) is 17.2 Å². The van der Waals surface area contributed by atoms with Crippen LogP contribution in [0.1, 0.15) is 5.56 Å². The minimum atomic E-state index is -0.856. The molecule has 2 atom stereocenters. The molecule has 0 amide bonds. The highest BCUT2D eigenvalue weighted by molar-refractivity contribution is 5.41. The number of nitrogens with two attached hydrogens (primary N) is 1. The molecule has 146 valence electrons. The van der Waals surface area contributed by atoms with Crippen LogP contribution in [0.4, 0.5) is 14.7 Å². The first kappa shape index (κ1) is 19.1. The van der Waals surface area contributed by atoms with Crippen LogP contribution in [-0.2, 0) is 11.3 Å². The van der Waals surface area contributed by atoms with Crippen molar-refractivity contribution in [1.29, 1.82) is 0 Å². The van der Waals surface area contributed by atoms with Crippen LogP contribution in [0.2, 0.25) is 0 Å². The van der Waals surface area contributed by atoms with Gasteiger partial charge in [0, 0.05) is 6.07 Å². The number of halogens is 2. The Bertz CT molecular complexity index is 763. The lowest BCUT2D eigenvalue weighted by Crippen LogP contribution is -2.39. The second kappa shape index (κ2) is 8.31. The van der Waals surface area contributed by atoms with Gasteiger partial charge in [0.2, 0.25) is 5.95 Å². The zero-order chi connectivity index (χ0) is 19.4. The molecule has 0 radical (unpaired) electrons. The van der Waals surface area contributed by atoms with Gasteiger partial charge in [0.25, 0.3) is 0 Å². The molecule has 0 bridgehead atoms. The van der Waals surface area contributed by atoms with E-state index in [4.69, 9.17) is 24.7 Å². The predicted octanol–water partition coefficient (Wildman–Crippen LogP) is 1.49. The molecule has 0 spiro atoms. The van der Waals surface area contributed by atoms with Crippen molar-refractivity contribution >= 4 is 5.95 Å². The lowest BCUT2D eigenvalue weighted by Gasteiger charge is -2.15. The van der Waals surface area contributed by atoms with E-state index in [-0.39, 0.29) is 41.5 Å². The first-order valence-corrected chi connectivity index (χ1v) is 8.17. The van der Waals surface area contributed by atoms with E-state index in [1.54, 1.807) is 0 Å². The van der Waals surface area contributed by atoms with E-state index >= 15 is 0 Å². The molecular formula is C17H20F2N4O4. The Hall–Kier alpha value is -2.72. The minimum Gasteiger partial charge on any atom is -0.494 e. The lowest BCUT2D eigenvalue weighted by molar-refractivity contribution is 0.192. The fourth-order valence-electron chi connectivity index (χ4n) is 2.57. The van der Waals surface area contributed by atoms with E-state index in [2.05, 4.69) is 15.3 Å². The number of nitrogens with zero attached hydrogens (tertiary/aromatic N) is 2. The van der Waals surface area contributed by atoms with Gasteiger partial charge in [0.1, 0.15) is 6.61 Å². The maximum absolute atomic E-state index is 14.3. The summed E-state index contributed by atoms with van der Waals surface area (Å²) in [5, 5.41) is 3.06. The molecule has 1 aliphatic heterocycles. The number of methoxy groups -OCH3 is 2. The molecule has 10 heteroatoms. The van der Waals surface area contributed by atoms with Crippen molar-refractivity contribution in [2.24, 2.45) is 5.73 Å². The second-order valence-corrected chi connectivity index (χ2v) is 5.87. The molecule has 2 aromatic rings. The largest absolute Gasteiger partial charge is 0.494 e. The Morgan fingerprint density at radius 3 is 2.30 bits per heavy atom. The van der Waals surface area contributed by atoms with Crippen LogP contribution in [0.25, 0.3) is 0 Å². The normalized spacial score (nSPS) is 19.0. The Balaban J connectivity index is 1.68. The maximum Gasteiger partial charge on any atom is 0.223 e. The van der Waals surface area contributed by atoms with Crippen molar-refractivity contribution in [1.82, 2.24) is 9.97 Å². The number of anilines is 1. The molecule has 2 heterocycles. The molecule has 8 nitrogen and oxygen atoms in total. The number of hydrogen-bond acceptors (Lipinski definition) is 8. The number of aromatic nitrogens is 2. The molecule has 1 aromatic heterocycles. The van der Waals surface area contributed by atoms with Crippen LogP contribution in [-0.4, -0.2) is 49.5 Å². The highest BCUT2D eigenvalue weighted by Gasteiger charge is 2.25. The number of hydrogen-bond donors (Lipinski definition) is 2. The third kappa shape index (κ3) is 4.17. The summed E-state index contributed by atoms with van der Waals surface area (Å²) in [5.41, 5.74) is 5.57. The monoisotopic (exact) mass is 382 g/mol. The molecular weight excluding hydrogens is 362 g/mol. The van der Waals surface area contributed by atoms with Crippen molar-refractivity contribution in [2.45, 2.75) is 18.7 Å². The van der Waals surface area contributed by atoms with Gasteiger partial charge in [0.15, 0.2) is 28.9 Å². The van der Waals surface area contributed by atoms with Gasteiger partial charge in [-0.15, -0.1) is 0 Å². The van der Waals surface area contributed by atoms with Gasteiger partial charge in [-0.05, 0) is 0 Å².